The third kappa shape index (κ3) is 1.35. The van der Waals surface area contributed by atoms with Crippen molar-refractivity contribution in [3.8, 4) is 0 Å². The summed E-state index contributed by atoms with van der Waals surface area (Å²) in [6, 6.07) is 8.81. The van der Waals surface area contributed by atoms with Gasteiger partial charge in [-0.3, -0.25) is 4.98 Å². The van der Waals surface area contributed by atoms with E-state index in [1.54, 1.807) is 0 Å². The van der Waals surface area contributed by atoms with Crippen molar-refractivity contribution < 1.29 is 0 Å². The largest absolute Gasteiger partial charge is 0.324 e. The number of pyridine rings is 1. The SMILES string of the molecule is NC(c1cccc2ccncc12)C1C2C3CCC(C3)C21. The number of nitrogens with two attached hydrogens (primary N) is 1. The number of rotatable bonds is 2. The van der Waals surface area contributed by atoms with Gasteiger partial charge in [0.1, 0.15) is 0 Å². The smallest absolute Gasteiger partial charge is 0.0349 e. The Morgan fingerprint density at radius 2 is 1.90 bits per heavy atom. The van der Waals surface area contributed by atoms with Crippen molar-refractivity contribution in [1.82, 2.24) is 4.98 Å². The van der Waals surface area contributed by atoms with Crippen LogP contribution in [0.2, 0.25) is 0 Å². The third-order valence-corrected chi connectivity index (χ3v) is 6.29. The molecule has 0 aliphatic heterocycles. The van der Waals surface area contributed by atoms with E-state index < -0.39 is 0 Å². The molecule has 1 aromatic heterocycles. The quantitative estimate of drug-likeness (QED) is 0.901. The lowest BCUT2D eigenvalue weighted by atomic mass is 9.91. The van der Waals surface area contributed by atoms with E-state index in [0.29, 0.717) is 0 Å². The molecule has 20 heavy (non-hydrogen) atoms. The van der Waals surface area contributed by atoms with E-state index in [2.05, 4.69) is 29.2 Å². The molecular weight excluding hydrogens is 244 g/mol. The van der Waals surface area contributed by atoms with Gasteiger partial charge in [-0.2, -0.15) is 0 Å². The molecule has 0 amide bonds. The molecule has 0 saturated heterocycles. The van der Waals surface area contributed by atoms with Crippen molar-refractivity contribution in [3.05, 3.63) is 42.2 Å². The fraction of sp³-hybridized carbons (Fsp3) is 0.500. The van der Waals surface area contributed by atoms with Gasteiger partial charge in [0.2, 0.25) is 0 Å². The summed E-state index contributed by atoms with van der Waals surface area (Å²) in [5.74, 6) is 4.61. The molecule has 1 aromatic carbocycles. The normalized spacial score (nSPS) is 39.0. The fourth-order valence-corrected chi connectivity index (χ4v) is 5.51. The van der Waals surface area contributed by atoms with Crippen LogP contribution in [0.4, 0.5) is 0 Å². The number of aromatic nitrogens is 1. The van der Waals surface area contributed by atoms with Crippen LogP contribution < -0.4 is 5.73 Å². The molecule has 3 aliphatic rings. The molecule has 2 bridgehead atoms. The van der Waals surface area contributed by atoms with E-state index in [9.17, 15) is 0 Å². The Hall–Kier alpha value is -1.41. The maximum atomic E-state index is 6.68. The maximum absolute atomic E-state index is 6.68. The van der Waals surface area contributed by atoms with Crippen molar-refractivity contribution in [2.24, 2.45) is 35.3 Å². The van der Waals surface area contributed by atoms with E-state index in [0.717, 1.165) is 29.6 Å². The number of hydrogen-bond acceptors (Lipinski definition) is 2. The van der Waals surface area contributed by atoms with Gasteiger partial charge in [0, 0.05) is 23.8 Å². The van der Waals surface area contributed by atoms with Crippen LogP contribution in [0.15, 0.2) is 36.7 Å². The van der Waals surface area contributed by atoms with Crippen LogP contribution in [-0.4, -0.2) is 4.98 Å². The lowest BCUT2D eigenvalue weighted by Gasteiger charge is -2.18. The first-order valence-electron chi connectivity index (χ1n) is 7.93. The van der Waals surface area contributed by atoms with Crippen LogP contribution in [0.25, 0.3) is 10.8 Å². The molecule has 3 aliphatic carbocycles. The van der Waals surface area contributed by atoms with Crippen LogP contribution in [0.3, 0.4) is 0 Å². The first-order chi connectivity index (χ1) is 9.84. The van der Waals surface area contributed by atoms with Crippen LogP contribution in [0.5, 0.6) is 0 Å². The van der Waals surface area contributed by atoms with Crippen molar-refractivity contribution in [2.45, 2.75) is 25.3 Å². The van der Waals surface area contributed by atoms with Gasteiger partial charge in [-0.15, -0.1) is 0 Å². The van der Waals surface area contributed by atoms with Crippen molar-refractivity contribution in [2.75, 3.05) is 0 Å². The van der Waals surface area contributed by atoms with Crippen molar-refractivity contribution >= 4 is 10.8 Å². The minimum Gasteiger partial charge on any atom is -0.324 e. The second-order valence-corrected chi connectivity index (χ2v) is 7.04. The summed E-state index contributed by atoms with van der Waals surface area (Å²) in [6.45, 7) is 0. The maximum Gasteiger partial charge on any atom is 0.0349 e. The summed E-state index contributed by atoms with van der Waals surface area (Å²) in [5, 5.41) is 2.52. The molecule has 2 aromatic rings. The molecule has 2 N–H and O–H groups in total. The van der Waals surface area contributed by atoms with Gasteiger partial charge in [-0.05, 0) is 65.9 Å². The number of nitrogens with zero attached hydrogens (tertiary/aromatic N) is 1. The molecule has 0 radical (unpaired) electrons. The van der Waals surface area contributed by atoms with E-state index in [-0.39, 0.29) is 6.04 Å². The van der Waals surface area contributed by atoms with Gasteiger partial charge < -0.3 is 5.73 Å². The molecule has 3 saturated carbocycles. The predicted molar refractivity (Wildman–Crippen MR) is 80.0 cm³/mol. The lowest BCUT2D eigenvalue weighted by molar-refractivity contribution is 0.419. The van der Waals surface area contributed by atoms with Crippen molar-refractivity contribution in [3.63, 3.8) is 0 Å². The Morgan fingerprint density at radius 1 is 1.10 bits per heavy atom. The zero-order valence-electron chi connectivity index (χ0n) is 11.6. The van der Waals surface area contributed by atoms with Gasteiger partial charge in [-0.1, -0.05) is 18.2 Å². The van der Waals surface area contributed by atoms with Gasteiger partial charge in [0.25, 0.3) is 0 Å². The molecule has 5 rings (SSSR count). The van der Waals surface area contributed by atoms with Gasteiger partial charge >= 0.3 is 0 Å². The highest BCUT2D eigenvalue weighted by Crippen LogP contribution is 2.71. The Morgan fingerprint density at radius 3 is 2.70 bits per heavy atom. The number of hydrogen-bond donors (Lipinski definition) is 1. The van der Waals surface area contributed by atoms with Crippen LogP contribution in [0.1, 0.15) is 30.9 Å². The summed E-state index contributed by atoms with van der Waals surface area (Å²) >= 11 is 0. The molecule has 5 atom stereocenters. The standard InChI is InChI=1S/C18H20N2/c19-18(17-15-11-4-5-12(8-11)16(15)17)13-3-1-2-10-6-7-20-9-14(10)13/h1-3,6-7,9,11-12,15-18H,4-5,8,19H2. The first kappa shape index (κ1) is 11.3. The highest BCUT2D eigenvalue weighted by atomic mass is 14.8. The number of benzene rings is 1. The Labute approximate surface area is 119 Å². The molecule has 1 heterocycles. The summed E-state index contributed by atoms with van der Waals surface area (Å²) in [6.07, 6.45) is 8.27. The van der Waals surface area contributed by atoms with Crippen LogP contribution in [0, 0.1) is 29.6 Å². The first-order valence-corrected chi connectivity index (χ1v) is 7.93. The van der Waals surface area contributed by atoms with E-state index in [4.69, 9.17) is 5.73 Å². The fourth-order valence-electron chi connectivity index (χ4n) is 5.51. The summed E-state index contributed by atoms with van der Waals surface area (Å²) in [4.78, 5) is 4.29. The van der Waals surface area contributed by atoms with Gasteiger partial charge in [-0.25, -0.2) is 0 Å². The Balaban J connectivity index is 1.53. The number of fused-ring (bicyclic) bond motifs is 6. The topological polar surface area (TPSA) is 38.9 Å². The molecular formula is C18H20N2. The predicted octanol–water partition coefficient (Wildman–Crippen LogP) is 3.53. The average molecular weight is 264 g/mol. The van der Waals surface area contributed by atoms with Gasteiger partial charge in [0.15, 0.2) is 0 Å². The molecule has 2 nitrogen and oxygen atoms in total. The molecule has 3 fully saturated rings. The van der Waals surface area contributed by atoms with E-state index >= 15 is 0 Å². The van der Waals surface area contributed by atoms with Gasteiger partial charge in [0.05, 0.1) is 0 Å². The van der Waals surface area contributed by atoms with Crippen LogP contribution >= 0.6 is 0 Å². The molecule has 5 unspecified atom stereocenters. The minimum atomic E-state index is 0.210. The van der Waals surface area contributed by atoms with Crippen LogP contribution in [-0.2, 0) is 0 Å². The Kier molecular flexibility index (Phi) is 2.15. The molecule has 0 spiro atoms. The lowest BCUT2D eigenvalue weighted by Crippen LogP contribution is -2.17. The highest BCUT2D eigenvalue weighted by molar-refractivity contribution is 5.85. The minimum absolute atomic E-state index is 0.210. The van der Waals surface area contributed by atoms with Crippen molar-refractivity contribution in [1.29, 1.82) is 0 Å². The second kappa shape index (κ2) is 3.82. The average Bonchev–Trinajstić information content (AvgIpc) is 2.93. The Bertz CT molecular complexity index is 659. The summed E-state index contributed by atoms with van der Waals surface area (Å²) in [7, 11) is 0. The summed E-state index contributed by atoms with van der Waals surface area (Å²) < 4.78 is 0. The molecule has 102 valence electrons. The monoisotopic (exact) mass is 264 g/mol. The van der Waals surface area contributed by atoms with E-state index in [1.165, 1.54) is 35.6 Å². The third-order valence-electron chi connectivity index (χ3n) is 6.29. The second-order valence-electron chi connectivity index (χ2n) is 7.04. The zero-order chi connectivity index (χ0) is 13.3. The summed E-state index contributed by atoms with van der Waals surface area (Å²) in [5.41, 5.74) is 8.00. The molecule has 2 heteroatoms. The van der Waals surface area contributed by atoms with E-state index in [1.807, 2.05) is 12.4 Å². The highest BCUT2D eigenvalue weighted by Gasteiger charge is 2.66. The zero-order valence-corrected chi connectivity index (χ0v) is 11.6.